The van der Waals surface area contributed by atoms with Crippen LogP contribution in [0.15, 0.2) is 108 Å². The third kappa shape index (κ3) is 7.82. The molecule has 9 heteroatoms. The number of anilines is 1. The van der Waals surface area contributed by atoms with Crippen molar-refractivity contribution in [2.45, 2.75) is 18.0 Å². The van der Waals surface area contributed by atoms with Gasteiger partial charge in [0.15, 0.2) is 6.61 Å². The SMILES string of the molecule is O=C(COc1ccc(S(=O)(=O)NCc2ccccc2)cc1Cl)Nc1ccc(OCc2ccccc2)cc1. The van der Waals surface area contributed by atoms with Gasteiger partial charge in [0.2, 0.25) is 10.0 Å². The molecule has 0 unspecified atom stereocenters. The van der Waals surface area contributed by atoms with E-state index in [-0.39, 0.29) is 28.8 Å². The van der Waals surface area contributed by atoms with Crippen molar-refractivity contribution in [3.63, 3.8) is 0 Å². The van der Waals surface area contributed by atoms with Crippen molar-refractivity contribution in [1.82, 2.24) is 4.72 Å². The zero-order valence-corrected chi connectivity index (χ0v) is 21.3. The first-order chi connectivity index (χ1) is 17.9. The molecule has 1 amide bonds. The highest BCUT2D eigenvalue weighted by Gasteiger charge is 2.16. The molecule has 0 bridgehead atoms. The van der Waals surface area contributed by atoms with Crippen LogP contribution in [0.4, 0.5) is 5.69 Å². The van der Waals surface area contributed by atoms with Gasteiger partial charge < -0.3 is 14.8 Å². The second kappa shape index (κ2) is 12.4. The first-order valence-corrected chi connectivity index (χ1v) is 13.3. The van der Waals surface area contributed by atoms with Crippen molar-refractivity contribution in [3.05, 3.63) is 119 Å². The Hall–Kier alpha value is -3.85. The Kier molecular flexibility index (Phi) is 8.79. The molecule has 0 aliphatic carbocycles. The van der Waals surface area contributed by atoms with Gasteiger partial charge in [0.1, 0.15) is 18.1 Å². The van der Waals surface area contributed by atoms with E-state index < -0.39 is 15.9 Å². The molecule has 37 heavy (non-hydrogen) atoms. The number of sulfonamides is 1. The standard InChI is InChI=1S/C28H25ClN2O5S/c29-26-17-25(37(33,34)30-18-21-7-3-1-4-8-21)15-16-27(26)36-20-28(32)31-23-11-13-24(14-12-23)35-19-22-9-5-2-6-10-22/h1-17,30H,18-20H2,(H,31,32). The van der Waals surface area contributed by atoms with Crippen LogP contribution < -0.4 is 19.5 Å². The van der Waals surface area contributed by atoms with Crippen LogP contribution >= 0.6 is 11.6 Å². The molecule has 4 aromatic rings. The summed E-state index contributed by atoms with van der Waals surface area (Å²) in [5.41, 5.74) is 2.47. The Morgan fingerprint density at radius 2 is 1.43 bits per heavy atom. The highest BCUT2D eigenvalue weighted by atomic mass is 35.5. The molecule has 190 valence electrons. The smallest absolute Gasteiger partial charge is 0.262 e. The van der Waals surface area contributed by atoms with Crippen molar-refractivity contribution >= 4 is 33.2 Å². The monoisotopic (exact) mass is 536 g/mol. The number of amides is 1. The lowest BCUT2D eigenvalue weighted by molar-refractivity contribution is -0.118. The minimum Gasteiger partial charge on any atom is -0.489 e. The van der Waals surface area contributed by atoms with Crippen molar-refractivity contribution < 1.29 is 22.7 Å². The Bertz CT molecular complexity index is 1430. The quantitative estimate of drug-likeness (QED) is 0.267. The molecule has 0 saturated heterocycles. The summed E-state index contributed by atoms with van der Waals surface area (Å²) in [6.45, 7) is 0.300. The van der Waals surface area contributed by atoms with E-state index in [0.717, 1.165) is 11.1 Å². The fourth-order valence-corrected chi connectivity index (χ4v) is 4.68. The molecule has 0 aliphatic heterocycles. The van der Waals surface area contributed by atoms with Gasteiger partial charge in [-0.25, -0.2) is 13.1 Å². The van der Waals surface area contributed by atoms with Gasteiger partial charge in [-0.2, -0.15) is 0 Å². The zero-order chi connectivity index (χ0) is 26.1. The van der Waals surface area contributed by atoms with Gasteiger partial charge in [0, 0.05) is 12.2 Å². The van der Waals surface area contributed by atoms with E-state index in [0.29, 0.717) is 18.0 Å². The number of ether oxygens (including phenoxy) is 2. The number of benzene rings is 4. The molecule has 0 heterocycles. The predicted molar refractivity (Wildman–Crippen MR) is 143 cm³/mol. The summed E-state index contributed by atoms with van der Waals surface area (Å²) in [6, 6.07) is 30.1. The maximum Gasteiger partial charge on any atom is 0.262 e. The van der Waals surface area contributed by atoms with Crippen LogP contribution in [0.5, 0.6) is 11.5 Å². The minimum absolute atomic E-state index is 0.000180. The summed E-state index contributed by atoms with van der Waals surface area (Å²) in [4.78, 5) is 12.3. The molecular weight excluding hydrogens is 512 g/mol. The molecule has 0 aliphatic rings. The van der Waals surface area contributed by atoms with E-state index in [1.165, 1.54) is 18.2 Å². The summed E-state index contributed by atoms with van der Waals surface area (Å²) in [5.74, 6) is 0.483. The van der Waals surface area contributed by atoms with Crippen molar-refractivity contribution in [2.75, 3.05) is 11.9 Å². The number of hydrogen-bond donors (Lipinski definition) is 2. The fourth-order valence-electron chi connectivity index (χ4n) is 3.34. The molecule has 0 aromatic heterocycles. The number of carbonyl (C=O) groups excluding carboxylic acids is 1. The largest absolute Gasteiger partial charge is 0.489 e. The Balaban J connectivity index is 1.26. The van der Waals surface area contributed by atoms with E-state index in [4.69, 9.17) is 21.1 Å². The molecule has 0 atom stereocenters. The first-order valence-electron chi connectivity index (χ1n) is 11.4. The Morgan fingerprint density at radius 3 is 2.08 bits per heavy atom. The summed E-state index contributed by atoms with van der Waals surface area (Å²) < 4.78 is 39.0. The van der Waals surface area contributed by atoms with Gasteiger partial charge in [-0.15, -0.1) is 0 Å². The molecule has 2 N–H and O–H groups in total. The molecule has 4 rings (SSSR count). The number of rotatable bonds is 11. The molecule has 4 aromatic carbocycles. The molecular formula is C28H25ClN2O5S. The lowest BCUT2D eigenvalue weighted by atomic mass is 10.2. The second-order valence-corrected chi connectivity index (χ2v) is 10.2. The van der Waals surface area contributed by atoms with E-state index >= 15 is 0 Å². The lowest BCUT2D eigenvalue weighted by Crippen LogP contribution is -2.23. The Morgan fingerprint density at radius 1 is 0.784 bits per heavy atom. The second-order valence-electron chi connectivity index (χ2n) is 8.04. The highest BCUT2D eigenvalue weighted by molar-refractivity contribution is 7.89. The van der Waals surface area contributed by atoms with Crippen LogP contribution in [0.1, 0.15) is 11.1 Å². The third-order valence-corrected chi connectivity index (χ3v) is 6.96. The maximum absolute atomic E-state index is 12.6. The van der Waals surface area contributed by atoms with E-state index in [2.05, 4.69) is 10.0 Å². The normalized spacial score (nSPS) is 11.1. The zero-order valence-electron chi connectivity index (χ0n) is 19.8. The van der Waals surface area contributed by atoms with Crippen LogP contribution in [-0.2, 0) is 28.0 Å². The van der Waals surface area contributed by atoms with Crippen molar-refractivity contribution in [2.24, 2.45) is 0 Å². The third-order valence-electron chi connectivity index (χ3n) is 5.27. The number of carbonyl (C=O) groups is 1. The first kappa shape index (κ1) is 26.2. The van der Waals surface area contributed by atoms with Gasteiger partial charge in [-0.05, 0) is 53.6 Å². The molecule has 0 fully saturated rings. The average Bonchev–Trinajstić information content (AvgIpc) is 2.92. The molecule has 0 saturated carbocycles. The van der Waals surface area contributed by atoms with Gasteiger partial charge in [-0.1, -0.05) is 72.3 Å². The predicted octanol–water partition coefficient (Wildman–Crippen LogP) is 5.42. The maximum atomic E-state index is 12.6. The van der Waals surface area contributed by atoms with Gasteiger partial charge in [-0.3, -0.25) is 4.79 Å². The highest BCUT2D eigenvalue weighted by Crippen LogP contribution is 2.27. The minimum atomic E-state index is -3.77. The average molecular weight is 537 g/mol. The summed E-state index contributed by atoms with van der Waals surface area (Å²) >= 11 is 6.22. The van der Waals surface area contributed by atoms with E-state index in [9.17, 15) is 13.2 Å². The van der Waals surface area contributed by atoms with Crippen LogP contribution in [-0.4, -0.2) is 20.9 Å². The van der Waals surface area contributed by atoms with Crippen LogP contribution in [0.2, 0.25) is 5.02 Å². The lowest BCUT2D eigenvalue weighted by Gasteiger charge is -2.12. The summed E-state index contributed by atoms with van der Waals surface area (Å²) in [5, 5.41) is 2.81. The van der Waals surface area contributed by atoms with Crippen molar-refractivity contribution in [3.8, 4) is 11.5 Å². The van der Waals surface area contributed by atoms with Crippen molar-refractivity contribution in [1.29, 1.82) is 0 Å². The Labute approximate surface area is 221 Å². The fraction of sp³-hybridized carbons (Fsp3) is 0.107. The van der Waals surface area contributed by atoms with E-state index in [1.54, 1.807) is 24.3 Å². The number of nitrogens with one attached hydrogen (secondary N) is 2. The topological polar surface area (TPSA) is 93.7 Å². The molecule has 0 radical (unpaired) electrons. The molecule has 0 spiro atoms. The van der Waals surface area contributed by atoms with Crippen LogP contribution in [0.25, 0.3) is 0 Å². The summed E-state index contributed by atoms with van der Waals surface area (Å²) in [7, 11) is -3.77. The number of halogens is 1. The van der Waals surface area contributed by atoms with Crippen LogP contribution in [0, 0.1) is 0 Å². The van der Waals surface area contributed by atoms with Gasteiger partial charge in [0.05, 0.1) is 9.92 Å². The number of hydrogen-bond acceptors (Lipinski definition) is 5. The van der Waals surface area contributed by atoms with E-state index in [1.807, 2.05) is 60.7 Å². The van der Waals surface area contributed by atoms with Gasteiger partial charge >= 0.3 is 0 Å². The van der Waals surface area contributed by atoms with Crippen LogP contribution in [0.3, 0.4) is 0 Å². The summed E-state index contributed by atoms with van der Waals surface area (Å²) in [6.07, 6.45) is 0. The van der Waals surface area contributed by atoms with Gasteiger partial charge in [0.25, 0.3) is 5.91 Å². The molecule has 7 nitrogen and oxygen atoms in total.